The van der Waals surface area contributed by atoms with Crippen LogP contribution in [0.15, 0.2) is 12.4 Å². The van der Waals surface area contributed by atoms with Crippen LogP contribution in [0.2, 0.25) is 0 Å². The predicted molar refractivity (Wildman–Crippen MR) is 57.0 cm³/mol. The zero-order valence-corrected chi connectivity index (χ0v) is 10.4. The summed E-state index contributed by atoms with van der Waals surface area (Å²) >= 11 is 33.5. The van der Waals surface area contributed by atoms with Crippen molar-refractivity contribution in [1.29, 1.82) is 0 Å². The van der Waals surface area contributed by atoms with Gasteiger partial charge in [-0.2, -0.15) is 0 Å². The van der Waals surface area contributed by atoms with Crippen LogP contribution in [-0.4, -0.2) is 9.55 Å². The van der Waals surface area contributed by atoms with Crippen LogP contribution in [0.25, 0.3) is 0 Å². The van der Waals surface area contributed by atoms with E-state index in [1.54, 1.807) is 0 Å². The summed E-state index contributed by atoms with van der Waals surface area (Å²) < 4.78 is -2.28. The fraction of sp³-hybridized carbons (Fsp3) is 0.400. The van der Waals surface area contributed by atoms with Crippen molar-refractivity contribution in [3.8, 4) is 0 Å². The van der Waals surface area contributed by atoms with Crippen LogP contribution in [0.3, 0.4) is 0 Å². The average molecular weight is 303 g/mol. The first-order chi connectivity index (χ1) is 5.73. The number of alkyl halides is 6. The third-order valence-corrected chi connectivity index (χ3v) is 2.22. The van der Waals surface area contributed by atoms with E-state index in [1.165, 1.54) is 12.4 Å². The van der Waals surface area contributed by atoms with Crippen molar-refractivity contribution in [2.45, 2.75) is 7.71 Å². The molecule has 13 heavy (non-hydrogen) atoms. The molecule has 1 aromatic rings. The zero-order chi connectivity index (χ0) is 10.3. The quantitative estimate of drug-likeness (QED) is 0.663. The van der Waals surface area contributed by atoms with Crippen molar-refractivity contribution < 1.29 is 0 Å². The van der Waals surface area contributed by atoms with E-state index in [1.807, 2.05) is 0 Å². The number of rotatable bonds is 0. The Morgan fingerprint density at radius 1 is 1.08 bits per heavy atom. The van der Waals surface area contributed by atoms with E-state index in [2.05, 4.69) is 4.98 Å². The molecule has 0 saturated carbocycles. The molecule has 0 bridgehead atoms. The maximum absolute atomic E-state index is 5.59. The fourth-order valence-electron chi connectivity index (χ4n) is 0.718. The van der Waals surface area contributed by atoms with Crippen LogP contribution < -0.4 is 0 Å². The van der Waals surface area contributed by atoms with Gasteiger partial charge < -0.3 is 0 Å². The summed E-state index contributed by atoms with van der Waals surface area (Å²) in [5.74, 6) is 0.0532. The third-order valence-electron chi connectivity index (χ3n) is 1.17. The average Bonchev–Trinajstić information content (AvgIpc) is 2.27. The van der Waals surface area contributed by atoms with Gasteiger partial charge in [0.15, 0.2) is 5.82 Å². The number of halogens is 6. The number of imidazole rings is 1. The van der Waals surface area contributed by atoms with Crippen LogP contribution in [0.1, 0.15) is 5.82 Å². The normalized spacial score (nSPS) is 13.4. The minimum Gasteiger partial charge on any atom is -0.286 e. The number of hydrogen-bond acceptors (Lipinski definition) is 1. The van der Waals surface area contributed by atoms with E-state index in [4.69, 9.17) is 69.6 Å². The lowest BCUT2D eigenvalue weighted by Gasteiger charge is -2.19. The van der Waals surface area contributed by atoms with Crippen molar-refractivity contribution in [2.75, 3.05) is 0 Å². The maximum Gasteiger partial charge on any atom is 0.273 e. The van der Waals surface area contributed by atoms with Crippen molar-refractivity contribution in [3.05, 3.63) is 18.2 Å². The van der Waals surface area contributed by atoms with Gasteiger partial charge in [-0.3, -0.25) is 4.57 Å². The summed E-state index contributed by atoms with van der Waals surface area (Å²) in [4.78, 5) is 3.77. The van der Waals surface area contributed by atoms with Gasteiger partial charge in [-0.1, -0.05) is 69.6 Å². The molecular weight excluding hydrogens is 301 g/mol. The lowest BCUT2D eigenvalue weighted by molar-refractivity contribution is 0.727. The second-order valence-corrected chi connectivity index (χ2v) is 6.59. The molecule has 0 fully saturated rings. The van der Waals surface area contributed by atoms with Crippen molar-refractivity contribution in [3.63, 3.8) is 0 Å². The van der Waals surface area contributed by atoms with Gasteiger partial charge in [0.05, 0.1) is 0 Å². The first-order valence-corrected chi connectivity index (χ1v) is 5.17. The Hall–Kier alpha value is 0.950. The Morgan fingerprint density at radius 2 is 1.62 bits per heavy atom. The molecule has 0 unspecified atom stereocenters. The van der Waals surface area contributed by atoms with E-state index in [0.29, 0.717) is 0 Å². The second kappa shape index (κ2) is 3.84. The van der Waals surface area contributed by atoms with Crippen molar-refractivity contribution in [1.82, 2.24) is 9.55 Å². The van der Waals surface area contributed by atoms with Gasteiger partial charge in [0.2, 0.25) is 3.79 Å². The molecule has 0 spiro atoms. The Kier molecular flexibility index (Phi) is 3.55. The smallest absolute Gasteiger partial charge is 0.273 e. The van der Waals surface area contributed by atoms with Crippen LogP contribution in [0.4, 0.5) is 0 Å². The van der Waals surface area contributed by atoms with E-state index in [-0.39, 0.29) is 5.82 Å². The van der Waals surface area contributed by atoms with Gasteiger partial charge in [0, 0.05) is 12.4 Å². The summed E-state index contributed by atoms with van der Waals surface area (Å²) in [6.45, 7) is 0. The molecule has 1 aromatic heterocycles. The number of nitrogens with zero attached hydrogens (tertiary/aromatic N) is 2. The van der Waals surface area contributed by atoms with Crippen molar-refractivity contribution >= 4 is 69.6 Å². The molecule has 2 nitrogen and oxygen atoms in total. The molecule has 0 N–H and O–H groups in total. The van der Waals surface area contributed by atoms with E-state index in [9.17, 15) is 0 Å². The minimum absolute atomic E-state index is 0.0532. The van der Waals surface area contributed by atoms with E-state index >= 15 is 0 Å². The van der Waals surface area contributed by atoms with Gasteiger partial charge in [-0.25, -0.2) is 4.98 Å². The summed E-state index contributed by atoms with van der Waals surface area (Å²) in [5, 5.41) is 0. The summed E-state index contributed by atoms with van der Waals surface area (Å²) in [6.07, 6.45) is 2.78. The largest absolute Gasteiger partial charge is 0.286 e. The number of hydrogen-bond donors (Lipinski definition) is 0. The number of aromatic nitrogens is 2. The molecule has 8 heteroatoms. The highest BCUT2D eigenvalue weighted by molar-refractivity contribution is 6.67. The first kappa shape index (κ1) is 12.0. The highest BCUT2D eigenvalue weighted by Crippen LogP contribution is 2.42. The Balaban J connectivity index is 3.19. The Labute approximate surface area is 105 Å². The standard InChI is InChI=1S/C5H2Cl6N2/c6-4(7,8)3-12-1-2-13(3)5(9,10)11/h1-2H. The zero-order valence-electron chi connectivity index (χ0n) is 5.82. The summed E-state index contributed by atoms with van der Waals surface area (Å²) in [5.41, 5.74) is 0. The molecule has 1 rings (SSSR count). The maximum atomic E-state index is 5.59. The summed E-state index contributed by atoms with van der Waals surface area (Å²) in [6, 6.07) is 0. The van der Waals surface area contributed by atoms with Crippen LogP contribution >= 0.6 is 69.6 Å². The molecular formula is C5H2Cl6N2. The summed E-state index contributed by atoms with van der Waals surface area (Å²) in [7, 11) is 0. The van der Waals surface area contributed by atoms with Gasteiger partial charge in [0.25, 0.3) is 3.92 Å². The monoisotopic (exact) mass is 300 g/mol. The molecule has 1 heterocycles. The van der Waals surface area contributed by atoms with Crippen LogP contribution in [0.5, 0.6) is 0 Å². The predicted octanol–water partition coefficient (Wildman–Crippen LogP) is 3.99. The molecule has 0 amide bonds. The molecule has 0 aliphatic carbocycles. The molecule has 0 saturated heterocycles. The molecule has 0 aromatic carbocycles. The first-order valence-electron chi connectivity index (χ1n) is 2.90. The van der Waals surface area contributed by atoms with Crippen LogP contribution in [-0.2, 0) is 7.71 Å². The van der Waals surface area contributed by atoms with E-state index < -0.39 is 7.71 Å². The van der Waals surface area contributed by atoms with Gasteiger partial charge in [-0.05, 0) is 0 Å². The highest BCUT2D eigenvalue weighted by atomic mass is 35.6. The second-order valence-electron chi connectivity index (χ2n) is 2.09. The Morgan fingerprint density at radius 3 is 1.92 bits per heavy atom. The SMILES string of the molecule is ClC(Cl)(Cl)c1nccn1C(Cl)(Cl)Cl. The molecule has 0 aliphatic heterocycles. The van der Waals surface area contributed by atoms with Gasteiger partial charge in [-0.15, -0.1) is 0 Å². The fourth-order valence-corrected chi connectivity index (χ4v) is 1.55. The van der Waals surface area contributed by atoms with Crippen LogP contribution in [0, 0.1) is 0 Å². The lowest BCUT2D eigenvalue weighted by Crippen LogP contribution is -2.19. The lowest BCUT2D eigenvalue weighted by atomic mass is 10.7. The van der Waals surface area contributed by atoms with E-state index in [0.717, 1.165) is 4.57 Å². The molecule has 0 radical (unpaired) electrons. The molecule has 0 aliphatic rings. The van der Waals surface area contributed by atoms with Gasteiger partial charge >= 0.3 is 0 Å². The molecule has 0 atom stereocenters. The van der Waals surface area contributed by atoms with Gasteiger partial charge in [0.1, 0.15) is 0 Å². The molecule has 74 valence electrons. The highest BCUT2D eigenvalue weighted by Gasteiger charge is 2.35. The topological polar surface area (TPSA) is 17.8 Å². The van der Waals surface area contributed by atoms with Crippen molar-refractivity contribution in [2.24, 2.45) is 0 Å². The minimum atomic E-state index is -1.71. The Bertz CT molecular complexity index is 266. The third kappa shape index (κ3) is 2.95.